The predicted molar refractivity (Wildman–Crippen MR) is 116 cm³/mol. The average molecular weight is 397 g/mol. The number of fused-ring (bicyclic) bond motifs is 1. The molecule has 0 saturated carbocycles. The van der Waals surface area contributed by atoms with Crippen LogP contribution in [0.25, 0.3) is 27.7 Å². The second kappa shape index (κ2) is 7.52. The fraction of sp³-hybridized carbons (Fsp3) is 0.0400. The fourth-order valence-electron chi connectivity index (χ4n) is 3.63. The van der Waals surface area contributed by atoms with Crippen LogP contribution < -0.4 is 5.32 Å². The van der Waals surface area contributed by atoms with Gasteiger partial charge in [-0.05, 0) is 54.0 Å². The van der Waals surface area contributed by atoms with E-state index < -0.39 is 11.6 Å². The van der Waals surface area contributed by atoms with Crippen LogP contribution >= 0.6 is 0 Å². The van der Waals surface area contributed by atoms with E-state index in [4.69, 9.17) is 0 Å². The molecule has 0 fully saturated rings. The summed E-state index contributed by atoms with van der Waals surface area (Å²) >= 11 is 0. The normalized spacial score (nSPS) is 12.9. The third-order valence-corrected chi connectivity index (χ3v) is 5.15. The summed E-state index contributed by atoms with van der Waals surface area (Å²) in [7, 11) is 0. The molecule has 5 rings (SSSR count). The van der Waals surface area contributed by atoms with Gasteiger partial charge in [-0.25, -0.2) is 13.8 Å². The fourth-order valence-corrected chi connectivity index (χ4v) is 3.63. The second-order valence-electron chi connectivity index (χ2n) is 7.05. The lowest BCUT2D eigenvalue weighted by molar-refractivity contribution is 0.615. The molecule has 1 aliphatic rings. The van der Waals surface area contributed by atoms with E-state index in [1.165, 1.54) is 12.1 Å². The number of benzene rings is 2. The SMILES string of the molecule is Fc1ccccc1-c1nc2ccc(C3=CC=CC3)cc2c(Nc2ccncc2)c1F. The molecule has 146 valence electrons. The first-order valence-corrected chi connectivity index (χ1v) is 9.62. The summed E-state index contributed by atoms with van der Waals surface area (Å²) in [6.45, 7) is 0. The molecule has 0 radical (unpaired) electrons. The quantitative estimate of drug-likeness (QED) is 0.418. The van der Waals surface area contributed by atoms with Gasteiger partial charge in [0.1, 0.15) is 11.5 Å². The minimum Gasteiger partial charge on any atom is -0.352 e. The first-order valence-electron chi connectivity index (χ1n) is 9.62. The van der Waals surface area contributed by atoms with Crippen LogP contribution in [0, 0.1) is 11.6 Å². The molecule has 0 amide bonds. The van der Waals surface area contributed by atoms with Crippen molar-refractivity contribution in [2.75, 3.05) is 5.32 Å². The van der Waals surface area contributed by atoms with Gasteiger partial charge in [-0.15, -0.1) is 0 Å². The number of rotatable bonds is 4. The van der Waals surface area contributed by atoms with Crippen molar-refractivity contribution < 1.29 is 8.78 Å². The second-order valence-corrected chi connectivity index (χ2v) is 7.05. The average Bonchev–Trinajstić information content (AvgIpc) is 3.31. The molecule has 0 bridgehead atoms. The molecule has 4 aromatic rings. The molecule has 30 heavy (non-hydrogen) atoms. The smallest absolute Gasteiger partial charge is 0.173 e. The van der Waals surface area contributed by atoms with Crippen LogP contribution in [0.2, 0.25) is 0 Å². The zero-order chi connectivity index (χ0) is 20.5. The van der Waals surface area contributed by atoms with Crippen LogP contribution in [-0.4, -0.2) is 9.97 Å². The summed E-state index contributed by atoms with van der Waals surface area (Å²) in [4.78, 5) is 8.48. The van der Waals surface area contributed by atoms with Crippen LogP contribution in [0.3, 0.4) is 0 Å². The summed E-state index contributed by atoms with van der Waals surface area (Å²) in [6.07, 6.45) is 10.2. The Morgan fingerprint density at radius 3 is 2.53 bits per heavy atom. The van der Waals surface area contributed by atoms with Gasteiger partial charge in [0, 0.05) is 29.0 Å². The van der Waals surface area contributed by atoms with Gasteiger partial charge in [-0.3, -0.25) is 4.98 Å². The number of anilines is 2. The van der Waals surface area contributed by atoms with Crippen molar-refractivity contribution in [2.45, 2.75) is 6.42 Å². The summed E-state index contributed by atoms with van der Waals surface area (Å²) in [5, 5.41) is 3.78. The Morgan fingerprint density at radius 2 is 1.77 bits per heavy atom. The third kappa shape index (κ3) is 3.24. The molecule has 0 unspecified atom stereocenters. The molecule has 0 spiro atoms. The molecule has 3 nitrogen and oxygen atoms in total. The van der Waals surface area contributed by atoms with Crippen LogP contribution in [0.4, 0.5) is 20.2 Å². The summed E-state index contributed by atoms with van der Waals surface area (Å²) in [5.74, 6) is -1.11. The largest absolute Gasteiger partial charge is 0.352 e. The van der Waals surface area contributed by atoms with E-state index in [1.807, 2.05) is 24.3 Å². The maximum atomic E-state index is 15.7. The molecule has 0 aliphatic heterocycles. The van der Waals surface area contributed by atoms with E-state index in [9.17, 15) is 4.39 Å². The standard InChI is InChI=1S/C25H17F2N3/c26-21-8-4-3-7-19(21)24-23(27)25(29-18-11-13-28-14-12-18)20-15-17(9-10-22(20)30-24)16-5-1-2-6-16/h1-5,7-15H,6H2,(H,28,29,30). The lowest BCUT2D eigenvalue weighted by Gasteiger charge is -2.15. The van der Waals surface area contributed by atoms with Gasteiger partial charge in [-0.1, -0.05) is 36.4 Å². The van der Waals surface area contributed by atoms with Crippen LogP contribution in [0.15, 0.2) is 85.2 Å². The van der Waals surface area contributed by atoms with Gasteiger partial charge in [-0.2, -0.15) is 0 Å². The van der Waals surface area contributed by atoms with Gasteiger partial charge in [0.2, 0.25) is 0 Å². The number of hydrogen-bond acceptors (Lipinski definition) is 3. The van der Waals surface area contributed by atoms with E-state index in [0.717, 1.165) is 17.6 Å². The van der Waals surface area contributed by atoms with E-state index in [1.54, 1.807) is 36.7 Å². The first kappa shape index (κ1) is 18.2. The highest BCUT2D eigenvalue weighted by Crippen LogP contribution is 2.37. The number of nitrogens with zero attached hydrogens (tertiary/aromatic N) is 2. The highest BCUT2D eigenvalue weighted by molar-refractivity contribution is 5.98. The molecule has 2 aromatic carbocycles. The summed E-state index contributed by atoms with van der Waals surface area (Å²) in [6, 6.07) is 15.3. The van der Waals surface area contributed by atoms with Gasteiger partial charge in [0.25, 0.3) is 0 Å². The lowest BCUT2D eigenvalue weighted by Crippen LogP contribution is -2.02. The molecule has 5 heteroatoms. The zero-order valence-electron chi connectivity index (χ0n) is 15.9. The number of halogens is 2. The summed E-state index contributed by atoms with van der Waals surface area (Å²) < 4.78 is 30.2. The minimum atomic E-state index is -0.597. The predicted octanol–water partition coefficient (Wildman–Crippen LogP) is 6.66. The Hall–Kier alpha value is -3.86. The number of hydrogen-bond donors (Lipinski definition) is 1. The Labute approximate surface area is 172 Å². The van der Waals surface area contributed by atoms with Crippen molar-refractivity contribution in [1.29, 1.82) is 0 Å². The Bertz CT molecular complexity index is 1310. The first-order chi connectivity index (χ1) is 14.7. The van der Waals surface area contributed by atoms with Gasteiger partial charge >= 0.3 is 0 Å². The van der Waals surface area contributed by atoms with Crippen molar-refractivity contribution >= 4 is 27.9 Å². The number of allylic oxidation sites excluding steroid dienone is 4. The maximum Gasteiger partial charge on any atom is 0.173 e. The Morgan fingerprint density at radius 1 is 0.933 bits per heavy atom. The summed E-state index contributed by atoms with van der Waals surface area (Å²) in [5.41, 5.74) is 3.80. The van der Waals surface area contributed by atoms with E-state index in [-0.39, 0.29) is 16.9 Å². The third-order valence-electron chi connectivity index (χ3n) is 5.15. The molecule has 0 atom stereocenters. The molecule has 1 aliphatic carbocycles. The van der Waals surface area contributed by atoms with Crippen molar-refractivity contribution in [3.63, 3.8) is 0 Å². The van der Waals surface area contributed by atoms with Crippen LogP contribution in [-0.2, 0) is 0 Å². The number of pyridine rings is 2. The highest BCUT2D eigenvalue weighted by atomic mass is 19.1. The van der Waals surface area contributed by atoms with Gasteiger partial charge in [0.15, 0.2) is 5.82 Å². The molecular weight excluding hydrogens is 380 g/mol. The highest BCUT2D eigenvalue weighted by Gasteiger charge is 2.20. The van der Waals surface area contributed by atoms with Crippen LogP contribution in [0.1, 0.15) is 12.0 Å². The minimum absolute atomic E-state index is 0.0216. The van der Waals surface area contributed by atoms with Crippen molar-refractivity contribution in [1.82, 2.24) is 9.97 Å². The van der Waals surface area contributed by atoms with E-state index in [2.05, 4.69) is 27.4 Å². The van der Waals surface area contributed by atoms with E-state index >= 15 is 4.39 Å². The van der Waals surface area contributed by atoms with Crippen LogP contribution in [0.5, 0.6) is 0 Å². The Kier molecular flexibility index (Phi) is 4.56. The number of aromatic nitrogens is 2. The van der Waals surface area contributed by atoms with E-state index in [0.29, 0.717) is 16.6 Å². The maximum absolute atomic E-state index is 15.7. The molecule has 2 aromatic heterocycles. The zero-order valence-corrected chi connectivity index (χ0v) is 15.9. The monoisotopic (exact) mass is 397 g/mol. The molecule has 1 N–H and O–H groups in total. The number of nitrogens with one attached hydrogen (secondary N) is 1. The lowest BCUT2D eigenvalue weighted by atomic mass is 10.00. The van der Waals surface area contributed by atoms with Crippen molar-refractivity contribution in [3.8, 4) is 11.3 Å². The molecular formula is C25H17F2N3. The van der Waals surface area contributed by atoms with Gasteiger partial charge in [0.05, 0.1) is 11.2 Å². The van der Waals surface area contributed by atoms with Crippen molar-refractivity contribution in [2.24, 2.45) is 0 Å². The Balaban J connectivity index is 1.75. The molecule has 2 heterocycles. The topological polar surface area (TPSA) is 37.8 Å². The molecule has 0 saturated heterocycles. The van der Waals surface area contributed by atoms with Crippen molar-refractivity contribution in [3.05, 3.63) is 102 Å². The van der Waals surface area contributed by atoms with Gasteiger partial charge < -0.3 is 5.32 Å².